The fourth-order valence-corrected chi connectivity index (χ4v) is 2.07. The molecular weight excluding hydrogens is 308 g/mol. The average molecular weight is 347 g/mol. The van der Waals surface area contributed by atoms with Gasteiger partial charge in [0.05, 0.1) is 33.0 Å². The number of rotatable bonds is 19. The molecule has 0 aromatic rings. The van der Waals surface area contributed by atoms with Crippen molar-refractivity contribution in [3.8, 4) is 0 Å². The number of hydrogen-bond acceptors (Lipinski definition) is 5. The Labute approximate surface area is 148 Å². The van der Waals surface area contributed by atoms with Crippen LogP contribution in [0.5, 0.6) is 0 Å². The van der Waals surface area contributed by atoms with Crippen LogP contribution in [-0.4, -0.2) is 52.2 Å². The molecule has 0 fully saturated rings. The Balaban J connectivity index is 3.11. The zero-order valence-electron chi connectivity index (χ0n) is 15.9. The van der Waals surface area contributed by atoms with Crippen molar-refractivity contribution < 1.29 is 23.7 Å². The first-order valence-corrected chi connectivity index (χ1v) is 9.70. The molecule has 0 spiro atoms. The second-order valence-corrected chi connectivity index (χ2v) is 5.93. The van der Waals surface area contributed by atoms with Gasteiger partial charge in [-0.25, -0.2) is 0 Å². The van der Waals surface area contributed by atoms with E-state index in [0.717, 1.165) is 32.3 Å². The van der Waals surface area contributed by atoms with E-state index in [1.807, 2.05) is 0 Å². The van der Waals surface area contributed by atoms with Crippen LogP contribution >= 0.6 is 0 Å². The smallest absolute Gasteiger partial charge is 0.305 e. The largest absolute Gasteiger partial charge is 0.466 e. The molecule has 144 valence electrons. The van der Waals surface area contributed by atoms with Gasteiger partial charge < -0.3 is 18.9 Å². The molecule has 0 bridgehead atoms. The highest BCUT2D eigenvalue weighted by Crippen LogP contribution is 2.03. The molecule has 24 heavy (non-hydrogen) atoms. The van der Waals surface area contributed by atoms with E-state index < -0.39 is 0 Å². The van der Waals surface area contributed by atoms with Crippen LogP contribution in [-0.2, 0) is 23.7 Å². The van der Waals surface area contributed by atoms with Crippen LogP contribution in [0.1, 0.15) is 71.6 Å². The monoisotopic (exact) mass is 346 g/mol. The van der Waals surface area contributed by atoms with Crippen LogP contribution in [0, 0.1) is 0 Å². The molecule has 0 atom stereocenters. The van der Waals surface area contributed by atoms with Crippen molar-refractivity contribution in [2.24, 2.45) is 0 Å². The summed E-state index contributed by atoms with van der Waals surface area (Å²) in [5.74, 6) is -0.116. The van der Waals surface area contributed by atoms with Gasteiger partial charge in [-0.15, -0.1) is 0 Å². The average Bonchev–Trinajstić information content (AvgIpc) is 2.59. The van der Waals surface area contributed by atoms with Gasteiger partial charge in [0.25, 0.3) is 0 Å². The van der Waals surface area contributed by atoms with Gasteiger partial charge in [-0.3, -0.25) is 4.79 Å². The highest BCUT2D eigenvalue weighted by molar-refractivity contribution is 5.69. The van der Waals surface area contributed by atoms with Crippen molar-refractivity contribution in [2.45, 2.75) is 71.6 Å². The summed E-state index contributed by atoms with van der Waals surface area (Å²) in [5.41, 5.74) is 0. The summed E-state index contributed by atoms with van der Waals surface area (Å²) in [7, 11) is 0. The molecule has 0 saturated heterocycles. The van der Waals surface area contributed by atoms with E-state index in [2.05, 4.69) is 13.8 Å². The molecule has 0 aromatic heterocycles. The topological polar surface area (TPSA) is 54.0 Å². The predicted molar refractivity (Wildman–Crippen MR) is 96.3 cm³/mol. The lowest BCUT2D eigenvalue weighted by molar-refractivity contribution is -0.144. The van der Waals surface area contributed by atoms with Crippen LogP contribution in [0.2, 0.25) is 0 Å². The maximum Gasteiger partial charge on any atom is 0.305 e. The molecule has 0 aromatic carbocycles. The van der Waals surface area contributed by atoms with Crippen molar-refractivity contribution in [1.82, 2.24) is 0 Å². The van der Waals surface area contributed by atoms with E-state index in [-0.39, 0.29) is 5.97 Å². The van der Waals surface area contributed by atoms with Crippen molar-refractivity contribution >= 4 is 5.97 Å². The Morgan fingerprint density at radius 1 is 0.583 bits per heavy atom. The van der Waals surface area contributed by atoms with Crippen LogP contribution in [0.25, 0.3) is 0 Å². The van der Waals surface area contributed by atoms with E-state index in [1.165, 1.54) is 19.3 Å². The predicted octanol–water partition coefficient (Wildman–Crippen LogP) is 4.13. The van der Waals surface area contributed by atoms with Gasteiger partial charge in [0, 0.05) is 19.6 Å². The Hall–Kier alpha value is -0.650. The van der Waals surface area contributed by atoms with E-state index in [1.54, 1.807) is 0 Å². The molecule has 0 saturated carbocycles. The molecule has 0 aliphatic heterocycles. The van der Waals surface area contributed by atoms with Gasteiger partial charge in [-0.1, -0.05) is 46.0 Å². The molecule has 0 heterocycles. The molecule has 0 radical (unpaired) electrons. The lowest BCUT2D eigenvalue weighted by Gasteiger charge is -2.07. The highest BCUT2D eigenvalue weighted by atomic mass is 16.5. The normalized spacial score (nSPS) is 10.9. The van der Waals surface area contributed by atoms with E-state index >= 15 is 0 Å². The minimum atomic E-state index is -0.116. The quantitative estimate of drug-likeness (QED) is 0.260. The summed E-state index contributed by atoms with van der Waals surface area (Å²) in [6.45, 7) is 8.65. The number of carbonyl (C=O) groups excluding carboxylic acids is 1. The summed E-state index contributed by atoms with van der Waals surface area (Å²) in [6.07, 6.45) is 9.24. The molecule has 0 rings (SSSR count). The van der Waals surface area contributed by atoms with Gasteiger partial charge >= 0.3 is 5.97 Å². The fourth-order valence-electron chi connectivity index (χ4n) is 2.07. The van der Waals surface area contributed by atoms with Gasteiger partial charge in [0.2, 0.25) is 0 Å². The van der Waals surface area contributed by atoms with E-state index in [9.17, 15) is 4.79 Å². The second kappa shape index (κ2) is 20.4. The minimum Gasteiger partial charge on any atom is -0.466 e. The standard InChI is InChI=1S/C19H38O5/c1-3-5-7-8-9-14-24-19(20)11-10-13-22-16-18-23-17-15-21-12-6-4-2/h3-18H2,1-2H3. The summed E-state index contributed by atoms with van der Waals surface area (Å²) in [6, 6.07) is 0. The number of hydrogen-bond donors (Lipinski definition) is 0. The van der Waals surface area contributed by atoms with Crippen molar-refractivity contribution in [1.29, 1.82) is 0 Å². The SMILES string of the molecule is CCCCCCCOC(=O)CCCOCCOCCOCCCC. The zero-order valence-corrected chi connectivity index (χ0v) is 15.9. The molecular formula is C19H38O5. The minimum absolute atomic E-state index is 0.116. The second-order valence-electron chi connectivity index (χ2n) is 5.93. The molecule has 0 amide bonds. The third kappa shape index (κ3) is 19.4. The van der Waals surface area contributed by atoms with E-state index in [0.29, 0.717) is 52.5 Å². The number of carbonyl (C=O) groups is 1. The highest BCUT2D eigenvalue weighted by Gasteiger charge is 2.02. The summed E-state index contributed by atoms with van der Waals surface area (Å²) in [5, 5.41) is 0. The molecule has 5 nitrogen and oxygen atoms in total. The van der Waals surface area contributed by atoms with Crippen LogP contribution < -0.4 is 0 Å². The summed E-state index contributed by atoms with van der Waals surface area (Å²) in [4.78, 5) is 11.5. The number of ether oxygens (including phenoxy) is 4. The first-order valence-electron chi connectivity index (χ1n) is 9.70. The van der Waals surface area contributed by atoms with Gasteiger partial charge in [-0.05, 0) is 19.3 Å². The summed E-state index contributed by atoms with van der Waals surface area (Å²) < 4.78 is 21.4. The Bertz CT molecular complexity index is 258. The third-order valence-electron chi connectivity index (χ3n) is 3.57. The molecule has 5 heteroatoms. The lowest BCUT2D eigenvalue weighted by Crippen LogP contribution is -2.11. The number of unbranched alkanes of at least 4 members (excludes halogenated alkanes) is 5. The first-order chi connectivity index (χ1) is 11.8. The summed E-state index contributed by atoms with van der Waals surface area (Å²) >= 11 is 0. The van der Waals surface area contributed by atoms with Crippen LogP contribution in [0.15, 0.2) is 0 Å². The van der Waals surface area contributed by atoms with Crippen LogP contribution in [0.3, 0.4) is 0 Å². The number of esters is 1. The van der Waals surface area contributed by atoms with Crippen molar-refractivity contribution in [2.75, 3.05) is 46.2 Å². The molecule has 0 aliphatic carbocycles. The third-order valence-corrected chi connectivity index (χ3v) is 3.57. The van der Waals surface area contributed by atoms with Crippen LogP contribution in [0.4, 0.5) is 0 Å². The van der Waals surface area contributed by atoms with E-state index in [4.69, 9.17) is 18.9 Å². The molecule has 0 N–H and O–H groups in total. The maximum absolute atomic E-state index is 11.5. The van der Waals surface area contributed by atoms with Gasteiger partial charge in [0.1, 0.15) is 0 Å². The molecule has 0 aliphatic rings. The van der Waals surface area contributed by atoms with Gasteiger partial charge in [-0.2, -0.15) is 0 Å². The Morgan fingerprint density at radius 3 is 1.75 bits per heavy atom. The first kappa shape index (κ1) is 23.4. The maximum atomic E-state index is 11.5. The fraction of sp³-hybridized carbons (Fsp3) is 0.947. The Kier molecular flexibility index (Phi) is 19.8. The van der Waals surface area contributed by atoms with Crippen molar-refractivity contribution in [3.05, 3.63) is 0 Å². The van der Waals surface area contributed by atoms with Crippen molar-refractivity contribution in [3.63, 3.8) is 0 Å². The molecule has 0 unspecified atom stereocenters. The Morgan fingerprint density at radius 2 is 1.12 bits per heavy atom. The zero-order chi connectivity index (χ0) is 17.7. The van der Waals surface area contributed by atoms with Gasteiger partial charge in [0.15, 0.2) is 0 Å². The lowest BCUT2D eigenvalue weighted by atomic mass is 10.2.